The summed E-state index contributed by atoms with van der Waals surface area (Å²) < 4.78 is 28.9. The molecule has 6 nitrogen and oxygen atoms in total. The Morgan fingerprint density at radius 3 is 0.635 bits per heavy atom. The van der Waals surface area contributed by atoms with Gasteiger partial charge in [0.2, 0.25) is 16.6 Å². The Morgan fingerprint density at radius 2 is 0.406 bits per heavy atom. The third-order valence-electron chi connectivity index (χ3n) is 20.9. The smallest absolute Gasteiger partial charge is 0.513 e. The van der Waals surface area contributed by atoms with Crippen molar-refractivity contribution in [3.8, 4) is 84.0 Å². The average molecular weight is 1230 g/mol. The van der Waals surface area contributed by atoms with Gasteiger partial charge in [-0.3, -0.25) is 0 Å². The number of hydrogen-bond acceptors (Lipinski definition) is 3. The van der Waals surface area contributed by atoms with Crippen LogP contribution in [0.2, 0.25) is 0 Å². The maximum Gasteiger partial charge on any atom is 0.513 e. The minimum absolute atomic E-state index is 0.880. The van der Waals surface area contributed by atoms with E-state index in [-0.39, 0.29) is 0 Å². The number of benzene rings is 13. The second-order valence-corrected chi connectivity index (χ2v) is 25.9. The van der Waals surface area contributed by atoms with Crippen molar-refractivity contribution in [2.75, 3.05) is 0 Å². The van der Waals surface area contributed by atoms with Gasteiger partial charge in [-0.2, -0.15) is 0 Å². The lowest BCUT2D eigenvalue weighted by Gasteiger charge is -2.31. The molecule has 3 aliphatic rings. The molecule has 0 bridgehead atoms. The monoisotopic (exact) mass is 1230 g/mol. The van der Waals surface area contributed by atoms with E-state index in [1.807, 2.05) is 0 Å². The molecular weight excluding hydrogens is 1170 g/mol. The Balaban J connectivity index is 0.708. The SMILES string of the molecule is c1ccc([B-]2(c3ccccc3)Oc3ccc(-c4ccc(-c5cc(-c6ccc(-c7ccc8c9c7ccc[n+]9[B-](c7ccccc7)(c7ccccc7)O8)cc6)cc(-c6ccc(-c7ccc8c9c7ccc[n+]9[B-](c7ccccc7)(c7ccccc7)O8)cc6)c5)cc4)c4ccc[n+]2c34)cc1. The molecule has 0 spiro atoms. The van der Waals surface area contributed by atoms with E-state index in [4.69, 9.17) is 14.0 Å². The van der Waals surface area contributed by atoms with Gasteiger partial charge in [0.25, 0.3) is 0 Å². The molecule has 3 aromatic heterocycles. The van der Waals surface area contributed by atoms with Crippen LogP contribution in [0.1, 0.15) is 0 Å². The first-order valence-electron chi connectivity index (χ1n) is 33.3. The van der Waals surface area contributed by atoms with Crippen molar-refractivity contribution in [1.82, 2.24) is 0 Å². The lowest BCUT2D eigenvalue weighted by atomic mass is 9.41. The van der Waals surface area contributed by atoms with Crippen LogP contribution in [0.5, 0.6) is 17.2 Å². The van der Waals surface area contributed by atoms with Gasteiger partial charge in [-0.25, -0.2) is 0 Å². The predicted octanol–water partition coefficient (Wildman–Crippen LogP) is 14.5. The molecule has 0 saturated heterocycles. The van der Waals surface area contributed by atoms with Gasteiger partial charge in [0.1, 0.15) is 35.8 Å². The molecule has 0 fully saturated rings. The Labute approximate surface area is 557 Å². The third-order valence-corrected chi connectivity index (χ3v) is 20.9. The van der Waals surface area contributed by atoms with E-state index in [2.05, 4.69) is 378 Å². The van der Waals surface area contributed by atoms with Crippen LogP contribution in [0.3, 0.4) is 0 Å². The molecule has 9 heteroatoms. The molecule has 0 unspecified atom stereocenters. The van der Waals surface area contributed by atoms with Crippen molar-refractivity contribution in [2.24, 2.45) is 0 Å². The molecule has 13 aromatic carbocycles. The summed E-state index contributed by atoms with van der Waals surface area (Å²) in [5.41, 5.74) is 23.6. The number of hydrogen-bond donors (Lipinski definition) is 0. The van der Waals surface area contributed by atoms with E-state index < -0.39 is 19.5 Å². The molecular formula is C87H60B3N3O3. The highest BCUT2D eigenvalue weighted by Gasteiger charge is 2.53. The first-order chi connectivity index (χ1) is 47.5. The number of rotatable bonds is 12. The predicted molar refractivity (Wildman–Crippen MR) is 394 cm³/mol. The maximum atomic E-state index is 7.24. The minimum Gasteiger partial charge on any atom is -0.647 e. The maximum absolute atomic E-state index is 7.24. The Morgan fingerprint density at radius 1 is 0.188 bits per heavy atom. The molecule has 0 aliphatic carbocycles. The zero-order chi connectivity index (χ0) is 63.4. The molecule has 0 amide bonds. The van der Waals surface area contributed by atoms with Crippen LogP contribution in [0, 0.1) is 0 Å². The van der Waals surface area contributed by atoms with Gasteiger partial charge in [-0.1, -0.05) is 288 Å². The lowest BCUT2D eigenvalue weighted by Crippen LogP contribution is -2.80. The van der Waals surface area contributed by atoms with Crippen molar-refractivity contribution in [3.63, 3.8) is 0 Å². The van der Waals surface area contributed by atoms with Crippen molar-refractivity contribution in [1.29, 1.82) is 0 Å². The molecule has 3 aliphatic heterocycles. The zero-order valence-electron chi connectivity index (χ0n) is 52.4. The van der Waals surface area contributed by atoms with E-state index >= 15 is 0 Å². The Bertz CT molecular complexity index is 5020. The molecule has 6 heterocycles. The second kappa shape index (κ2) is 21.9. The van der Waals surface area contributed by atoms with Crippen molar-refractivity contribution < 1.29 is 27.4 Å². The quantitative estimate of drug-likeness (QED) is 0.114. The van der Waals surface area contributed by atoms with Gasteiger partial charge in [-0.05, 0) is 158 Å². The summed E-state index contributed by atoms with van der Waals surface area (Å²) in [4.78, 5) is 0. The fraction of sp³-hybridized carbons (Fsp3) is 0. The van der Waals surface area contributed by atoms with Gasteiger partial charge < -0.3 is 27.4 Å². The van der Waals surface area contributed by atoms with Gasteiger partial charge >= 0.3 is 19.5 Å². The molecule has 0 atom stereocenters. The summed E-state index contributed by atoms with van der Waals surface area (Å²) in [6, 6.07) is 125. The van der Waals surface area contributed by atoms with Crippen LogP contribution in [0.15, 0.2) is 364 Å². The summed E-state index contributed by atoms with van der Waals surface area (Å²) >= 11 is 0. The fourth-order valence-corrected chi connectivity index (χ4v) is 16.5. The van der Waals surface area contributed by atoms with Crippen molar-refractivity contribution in [3.05, 3.63) is 364 Å². The number of aromatic nitrogens is 3. The molecule has 0 N–H and O–H groups in total. The fourth-order valence-electron chi connectivity index (χ4n) is 16.5. The number of nitrogens with zero attached hydrogens (tertiary/aromatic N) is 3. The van der Waals surface area contributed by atoms with Crippen LogP contribution < -0.4 is 60.2 Å². The van der Waals surface area contributed by atoms with Gasteiger partial charge in [0.05, 0.1) is 16.2 Å². The summed E-state index contributed by atoms with van der Waals surface area (Å²) in [7, 11) is 0. The van der Waals surface area contributed by atoms with E-state index in [9.17, 15) is 0 Å². The molecule has 19 rings (SSSR count). The zero-order valence-corrected chi connectivity index (χ0v) is 52.4. The van der Waals surface area contributed by atoms with E-state index in [1.165, 1.54) is 0 Å². The summed E-state index contributed by atoms with van der Waals surface area (Å²) in [6.45, 7) is -5.41. The van der Waals surface area contributed by atoms with Gasteiger partial charge in [0.15, 0.2) is 0 Å². The summed E-state index contributed by atoms with van der Waals surface area (Å²) in [6.07, 6.45) is 6.56. The highest BCUT2D eigenvalue weighted by atomic mass is 16.5. The van der Waals surface area contributed by atoms with E-state index in [0.717, 1.165) is 149 Å². The summed E-state index contributed by atoms with van der Waals surface area (Å²) in [5.74, 6) is 2.64. The first kappa shape index (κ1) is 55.3. The van der Waals surface area contributed by atoms with E-state index in [1.54, 1.807) is 0 Å². The largest absolute Gasteiger partial charge is 0.647 e. The average Bonchev–Trinajstić information content (AvgIpc) is 1.55. The highest BCUT2D eigenvalue weighted by Crippen LogP contribution is 2.43. The van der Waals surface area contributed by atoms with Gasteiger partial charge in [-0.15, -0.1) is 0 Å². The summed E-state index contributed by atoms with van der Waals surface area (Å²) in [5, 5.41) is 3.43. The van der Waals surface area contributed by atoms with Crippen LogP contribution in [0.4, 0.5) is 0 Å². The highest BCUT2D eigenvalue weighted by molar-refractivity contribution is 6.93. The van der Waals surface area contributed by atoms with E-state index in [0.29, 0.717) is 0 Å². The Hall–Kier alpha value is -12.3. The van der Waals surface area contributed by atoms with Crippen LogP contribution in [-0.2, 0) is 0 Å². The van der Waals surface area contributed by atoms with Crippen LogP contribution >= 0.6 is 0 Å². The van der Waals surface area contributed by atoms with Crippen LogP contribution in [-0.4, -0.2) is 19.5 Å². The Kier molecular flexibility index (Phi) is 12.6. The normalized spacial score (nSPS) is 14.1. The molecule has 16 aromatic rings. The molecule has 0 radical (unpaired) electrons. The topological polar surface area (TPSA) is 39.3 Å². The van der Waals surface area contributed by atoms with Crippen LogP contribution in [0.25, 0.3) is 99.5 Å². The van der Waals surface area contributed by atoms with Crippen molar-refractivity contribution in [2.45, 2.75) is 0 Å². The van der Waals surface area contributed by atoms with Crippen molar-refractivity contribution >= 4 is 84.9 Å². The minimum atomic E-state index is -1.80. The number of pyridine rings is 3. The first-order valence-corrected chi connectivity index (χ1v) is 33.3. The molecule has 96 heavy (non-hydrogen) atoms. The molecule has 0 saturated carbocycles. The lowest BCUT2D eigenvalue weighted by molar-refractivity contribution is -0.515. The third kappa shape index (κ3) is 8.39. The van der Waals surface area contributed by atoms with Gasteiger partial charge in [0, 0.05) is 0 Å². The molecule has 450 valence electrons. The standard InChI is InChI=1S/C87H60B3N3O3/c1-7-22-70(23-8-1)88(71-24-9-2-10-25-71)91-55-19-34-79-76(49-52-82(94-88)85(79)91)64-43-37-61(38-44-64)67-58-68(62-39-45-65(46-40-62)77-50-53-83-86-80(77)35-20-56-92(86)89(95-83,72-26-11-3-12-27-72)73-28-13-4-14-29-73)60-69(59-67)63-41-47-66(48-42-63)78-51-54-84-87-81(78)36-21-57-93(87)90(96-84,74-30-15-5-16-31-74)75-32-17-6-18-33-75/h1-60H. The second-order valence-electron chi connectivity index (χ2n) is 25.9.